The van der Waals surface area contributed by atoms with Crippen LogP contribution in [0.15, 0.2) is 88.9 Å². The van der Waals surface area contributed by atoms with Crippen molar-refractivity contribution in [3.05, 3.63) is 95.0 Å². The van der Waals surface area contributed by atoms with Crippen LogP contribution in [0.1, 0.15) is 22.8 Å². The smallest absolute Gasteiger partial charge is 0.276 e. The van der Waals surface area contributed by atoms with E-state index < -0.39 is 10.0 Å². The van der Waals surface area contributed by atoms with E-state index in [-0.39, 0.29) is 10.8 Å². The zero-order valence-corrected chi connectivity index (χ0v) is 17.0. The summed E-state index contributed by atoms with van der Waals surface area (Å²) in [6.07, 6.45) is 0. The van der Waals surface area contributed by atoms with Gasteiger partial charge in [-0.1, -0.05) is 41.9 Å². The van der Waals surface area contributed by atoms with Gasteiger partial charge >= 0.3 is 0 Å². The number of amides is 1. The lowest BCUT2D eigenvalue weighted by atomic mass is 10.1. The lowest BCUT2D eigenvalue weighted by Gasteiger charge is -2.08. The molecule has 148 valence electrons. The van der Waals surface area contributed by atoms with Crippen LogP contribution in [-0.4, -0.2) is 20.0 Å². The third-order valence-corrected chi connectivity index (χ3v) is 5.51. The summed E-state index contributed by atoms with van der Waals surface area (Å²) in [6, 6.07) is 21.6. The van der Waals surface area contributed by atoms with Crippen molar-refractivity contribution in [1.29, 1.82) is 0 Å². The number of hydrogen-bond acceptors (Lipinski definition) is 4. The van der Waals surface area contributed by atoms with Gasteiger partial charge in [-0.25, -0.2) is 0 Å². The normalized spacial score (nSPS) is 11.7. The molecule has 0 fully saturated rings. The maximum atomic E-state index is 12.3. The SMILES string of the molecule is C/C(=N/NS(=O)(=O)c1ccc(Cl)cc1)c1cccc(NC(=O)c2ccccc2)c1. The fourth-order valence-corrected chi connectivity index (χ4v) is 3.46. The largest absolute Gasteiger partial charge is 0.322 e. The highest BCUT2D eigenvalue weighted by atomic mass is 35.5. The minimum Gasteiger partial charge on any atom is -0.322 e. The molecule has 29 heavy (non-hydrogen) atoms. The van der Waals surface area contributed by atoms with Crippen molar-refractivity contribution < 1.29 is 13.2 Å². The first-order valence-corrected chi connectivity index (χ1v) is 10.5. The van der Waals surface area contributed by atoms with Crippen molar-refractivity contribution in [3.63, 3.8) is 0 Å². The molecule has 0 atom stereocenters. The number of carbonyl (C=O) groups is 1. The highest BCUT2D eigenvalue weighted by Gasteiger charge is 2.13. The van der Waals surface area contributed by atoms with Gasteiger partial charge in [0.2, 0.25) is 0 Å². The van der Waals surface area contributed by atoms with Crippen LogP contribution in [0, 0.1) is 0 Å². The van der Waals surface area contributed by atoms with E-state index in [1.165, 1.54) is 24.3 Å². The summed E-state index contributed by atoms with van der Waals surface area (Å²) in [5.74, 6) is -0.235. The summed E-state index contributed by atoms with van der Waals surface area (Å²) in [4.78, 5) is 14.6. The highest BCUT2D eigenvalue weighted by molar-refractivity contribution is 7.89. The maximum absolute atomic E-state index is 12.3. The van der Waals surface area contributed by atoms with E-state index in [9.17, 15) is 13.2 Å². The molecule has 0 aliphatic carbocycles. The lowest BCUT2D eigenvalue weighted by Crippen LogP contribution is -2.20. The van der Waals surface area contributed by atoms with Gasteiger partial charge in [0.15, 0.2) is 0 Å². The summed E-state index contributed by atoms with van der Waals surface area (Å²) in [5.41, 5.74) is 2.22. The summed E-state index contributed by atoms with van der Waals surface area (Å²) < 4.78 is 24.7. The number of rotatable bonds is 6. The molecule has 0 aliphatic rings. The molecule has 0 saturated heterocycles. The Hall–Kier alpha value is -3.16. The number of hydrogen-bond donors (Lipinski definition) is 2. The van der Waals surface area contributed by atoms with Gasteiger partial charge in [0, 0.05) is 16.3 Å². The van der Waals surface area contributed by atoms with Crippen molar-refractivity contribution in [3.8, 4) is 0 Å². The number of nitrogens with zero attached hydrogens (tertiary/aromatic N) is 1. The molecule has 3 aromatic carbocycles. The van der Waals surface area contributed by atoms with Crippen LogP contribution in [0.5, 0.6) is 0 Å². The first-order valence-electron chi connectivity index (χ1n) is 8.64. The molecule has 3 rings (SSSR count). The number of hydrazone groups is 1. The Morgan fingerprint density at radius 1 is 0.897 bits per heavy atom. The number of benzene rings is 3. The van der Waals surface area contributed by atoms with E-state index in [2.05, 4.69) is 15.2 Å². The van der Waals surface area contributed by atoms with Gasteiger partial charge in [0.1, 0.15) is 0 Å². The second kappa shape index (κ2) is 8.89. The third-order valence-electron chi connectivity index (χ3n) is 4.03. The van der Waals surface area contributed by atoms with Crippen molar-refractivity contribution in [2.45, 2.75) is 11.8 Å². The van der Waals surface area contributed by atoms with Crippen LogP contribution in [-0.2, 0) is 10.0 Å². The van der Waals surface area contributed by atoms with Gasteiger partial charge in [-0.15, -0.1) is 0 Å². The molecule has 0 heterocycles. The Morgan fingerprint density at radius 3 is 2.24 bits per heavy atom. The molecule has 8 heteroatoms. The van der Waals surface area contributed by atoms with Crippen LogP contribution < -0.4 is 10.1 Å². The van der Waals surface area contributed by atoms with Crippen molar-refractivity contribution >= 4 is 38.9 Å². The molecular weight excluding hydrogens is 410 g/mol. The standard InChI is InChI=1S/C21H18ClN3O3S/c1-15(24-25-29(27,28)20-12-10-18(22)11-13-20)17-8-5-9-19(14-17)23-21(26)16-6-3-2-4-7-16/h2-14,25H,1H3,(H,23,26)/b24-15-. The van der Waals surface area contributed by atoms with Gasteiger partial charge in [0.05, 0.1) is 10.6 Å². The predicted molar refractivity (Wildman–Crippen MR) is 115 cm³/mol. The predicted octanol–water partition coefficient (Wildman–Crippen LogP) is 4.29. The topological polar surface area (TPSA) is 87.6 Å². The molecule has 0 saturated carbocycles. The number of anilines is 1. The molecule has 2 N–H and O–H groups in total. The Morgan fingerprint density at radius 2 is 1.55 bits per heavy atom. The van der Waals surface area contributed by atoms with E-state index in [4.69, 9.17) is 11.6 Å². The highest BCUT2D eigenvalue weighted by Crippen LogP contribution is 2.15. The van der Waals surface area contributed by atoms with Crippen LogP contribution in [0.4, 0.5) is 5.69 Å². The average Bonchev–Trinajstić information content (AvgIpc) is 2.73. The number of nitrogens with one attached hydrogen (secondary N) is 2. The fraction of sp³-hybridized carbons (Fsp3) is 0.0476. The molecule has 0 radical (unpaired) electrons. The van der Waals surface area contributed by atoms with Crippen molar-refractivity contribution in [2.75, 3.05) is 5.32 Å². The van der Waals surface area contributed by atoms with E-state index in [1.54, 1.807) is 55.5 Å². The lowest BCUT2D eigenvalue weighted by molar-refractivity contribution is 0.102. The third kappa shape index (κ3) is 5.43. The molecular formula is C21H18ClN3O3S. The first kappa shape index (κ1) is 20.6. The van der Waals surface area contributed by atoms with Gasteiger partial charge < -0.3 is 5.32 Å². The van der Waals surface area contributed by atoms with E-state index >= 15 is 0 Å². The van der Waals surface area contributed by atoms with E-state index in [0.29, 0.717) is 27.5 Å². The fourth-order valence-electron chi connectivity index (χ4n) is 2.47. The van der Waals surface area contributed by atoms with E-state index in [0.717, 1.165) is 0 Å². The number of carbonyl (C=O) groups excluding carboxylic acids is 1. The summed E-state index contributed by atoms with van der Waals surface area (Å²) in [5, 5.41) is 7.23. The quantitative estimate of drug-likeness (QED) is 0.454. The average molecular weight is 428 g/mol. The van der Waals surface area contributed by atoms with Crippen LogP contribution in [0.25, 0.3) is 0 Å². The van der Waals surface area contributed by atoms with Crippen LogP contribution in [0.2, 0.25) is 5.02 Å². The number of sulfonamides is 1. The molecule has 1 amide bonds. The molecule has 0 bridgehead atoms. The Labute approximate surface area is 174 Å². The molecule has 3 aromatic rings. The molecule has 0 aliphatic heterocycles. The first-order chi connectivity index (χ1) is 13.8. The summed E-state index contributed by atoms with van der Waals surface area (Å²) in [7, 11) is -3.81. The second-order valence-electron chi connectivity index (χ2n) is 6.15. The minimum absolute atomic E-state index is 0.0577. The Bertz CT molecular complexity index is 1150. The Kier molecular flexibility index (Phi) is 6.31. The van der Waals surface area contributed by atoms with Gasteiger partial charge in [-0.05, 0) is 61.0 Å². The van der Waals surface area contributed by atoms with Crippen molar-refractivity contribution in [2.24, 2.45) is 5.10 Å². The number of halogens is 1. The van der Waals surface area contributed by atoms with Crippen molar-refractivity contribution in [1.82, 2.24) is 4.83 Å². The molecule has 0 aromatic heterocycles. The maximum Gasteiger partial charge on any atom is 0.276 e. The van der Waals surface area contributed by atoms with Gasteiger partial charge in [0.25, 0.3) is 15.9 Å². The molecule has 0 spiro atoms. The summed E-state index contributed by atoms with van der Waals surface area (Å²) >= 11 is 5.79. The molecule has 0 unspecified atom stereocenters. The second-order valence-corrected chi connectivity index (χ2v) is 8.24. The monoisotopic (exact) mass is 427 g/mol. The van der Waals surface area contributed by atoms with Gasteiger partial charge in [-0.2, -0.15) is 18.4 Å². The van der Waals surface area contributed by atoms with Crippen LogP contribution >= 0.6 is 11.6 Å². The molecule has 6 nitrogen and oxygen atoms in total. The zero-order valence-electron chi connectivity index (χ0n) is 15.5. The zero-order chi connectivity index (χ0) is 20.9. The van der Waals surface area contributed by atoms with Crippen LogP contribution in [0.3, 0.4) is 0 Å². The Balaban J connectivity index is 1.74. The summed E-state index contributed by atoms with van der Waals surface area (Å²) in [6.45, 7) is 1.67. The van der Waals surface area contributed by atoms with Gasteiger partial charge in [-0.3, -0.25) is 4.79 Å². The minimum atomic E-state index is -3.81. The van der Waals surface area contributed by atoms with E-state index in [1.807, 2.05) is 6.07 Å².